The number of hydrogen-bond donors (Lipinski definition) is 1. The first-order chi connectivity index (χ1) is 14.4. The van der Waals surface area contributed by atoms with Gasteiger partial charge in [0.25, 0.3) is 17.5 Å². The highest BCUT2D eigenvalue weighted by Crippen LogP contribution is 2.30. The highest BCUT2D eigenvalue weighted by atomic mass is 35.5. The molecule has 4 rings (SSSR count). The van der Waals surface area contributed by atoms with E-state index in [1.807, 2.05) is 18.2 Å². The van der Waals surface area contributed by atoms with E-state index in [-0.39, 0.29) is 22.2 Å². The monoisotopic (exact) mass is 442 g/mol. The van der Waals surface area contributed by atoms with Crippen LogP contribution >= 0.6 is 22.9 Å². The molecule has 1 aromatic heterocycles. The van der Waals surface area contributed by atoms with Crippen molar-refractivity contribution in [2.45, 2.75) is 13.0 Å². The van der Waals surface area contributed by atoms with E-state index in [2.05, 4.69) is 10.3 Å². The number of halogens is 1. The largest absolute Gasteiger partial charge is 0.333 e. The lowest BCUT2D eigenvalue weighted by molar-refractivity contribution is -0.385. The van der Waals surface area contributed by atoms with Crippen molar-refractivity contribution in [1.29, 1.82) is 0 Å². The Morgan fingerprint density at radius 1 is 1.20 bits per heavy atom. The van der Waals surface area contributed by atoms with E-state index in [1.165, 1.54) is 23.5 Å². The second-order valence-corrected chi connectivity index (χ2v) is 8.12. The molecular weight excluding hydrogens is 428 g/mol. The van der Waals surface area contributed by atoms with Crippen LogP contribution in [0.15, 0.2) is 48.5 Å². The molecule has 0 unspecified atom stereocenters. The normalized spacial score (nSPS) is 12.9. The van der Waals surface area contributed by atoms with Crippen molar-refractivity contribution in [1.82, 2.24) is 9.88 Å². The van der Waals surface area contributed by atoms with Crippen LogP contribution < -0.4 is 5.32 Å². The Kier molecular flexibility index (Phi) is 5.47. The maximum Gasteiger partial charge on any atom is 0.283 e. The molecule has 2 heterocycles. The van der Waals surface area contributed by atoms with Crippen LogP contribution in [-0.4, -0.2) is 33.2 Å². The number of nitro groups is 1. The van der Waals surface area contributed by atoms with E-state index in [9.17, 15) is 19.7 Å². The Balaban J connectivity index is 1.50. The summed E-state index contributed by atoms with van der Waals surface area (Å²) in [4.78, 5) is 42.9. The number of amides is 2. The van der Waals surface area contributed by atoms with Gasteiger partial charge in [0.1, 0.15) is 5.56 Å². The Morgan fingerprint density at radius 2 is 1.97 bits per heavy atom. The number of anilines is 1. The van der Waals surface area contributed by atoms with Gasteiger partial charge in [-0.2, -0.15) is 0 Å². The number of thiazole rings is 1. The molecule has 1 N–H and O–H groups in total. The van der Waals surface area contributed by atoms with Gasteiger partial charge >= 0.3 is 0 Å². The van der Waals surface area contributed by atoms with Crippen LogP contribution in [0.1, 0.15) is 31.3 Å². The fourth-order valence-corrected chi connectivity index (χ4v) is 4.38. The third kappa shape index (κ3) is 4.03. The van der Waals surface area contributed by atoms with Crippen molar-refractivity contribution < 1.29 is 14.5 Å². The van der Waals surface area contributed by atoms with E-state index >= 15 is 0 Å². The van der Waals surface area contributed by atoms with E-state index < -0.39 is 10.8 Å². The molecule has 0 spiro atoms. The average molecular weight is 443 g/mol. The minimum Gasteiger partial charge on any atom is -0.333 e. The number of aromatic nitrogens is 1. The fraction of sp³-hybridized carbons (Fsp3) is 0.150. The standard InChI is InChI=1S/C20H15ClN4O4S/c21-13-6-7-14(16(10-13)25(28)29)18(26)23-20-22-15-8-9-24(11-17(15)30-20)19(27)12-4-2-1-3-5-12/h1-7,10H,8-9,11H2,(H,22,23,26). The number of carbonyl (C=O) groups excluding carboxylic acids is 2. The number of nitrogens with one attached hydrogen (secondary N) is 1. The average Bonchev–Trinajstić information content (AvgIpc) is 3.15. The van der Waals surface area contributed by atoms with Crippen LogP contribution in [0.3, 0.4) is 0 Å². The second-order valence-electron chi connectivity index (χ2n) is 6.60. The lowest BCUT2D eigenvalue weighted by Gasteiger charge is -2.26. The fourth-order valence-electron chi connectivity index (χ4n) is 3.20. The summed E-state index contributed by atoms with van der Waals surface area (Å²) in [5.41, 5.74) is 0.964. The van der Waals surface area contributed by atoms with Crippen LogP contribution in [0, 0.1) is 10.1 Å². The molecule has 8 nitrogen and oxygen atoms in total. The van der Waals surface area contributed by atoms with Gasteiger partial charge in [-0.1, -0.05) is 41.1 Å². The summed E-state index contributed by atoms with van der Waals surface area (Å²) in [7, 11) is 0. The summed E-state index contributed by atoms with van der Waals surface area (Å²) < 4.78 is 0. The SMILES string of the molecule is O=C(Nc1nc2c(s1)CN(C(=O)c1ccccc1)CC2)c1ccc(Cl)cc1[N+](=O)[O-]. The van der Waals surface area contributed by atoms with Gasteiger partial charge < -0.3 is 4.90 Å². The molecular formula is C20H15ClN4O4S. The Bertz CT molecular complexity index is 1150. The number of hydrogen-bond acceptors (Lipinski definition) is 6. The Hall–Kier alpha value is -3.30. The molecule has 0 saturated heterocycles. The second kappa shape index (κ2) is 8.21. The number of fused-ring (bicyclic) bond motifs is 1. The van der Waals surface area contributed by atoms with Gasteiger partial charge in [0, 0.05) is 34.5 Å². The highest BCUT2D eigenvalue weighted by Gasteiger charge is 2.26. The first kappa shape index (κ1) is 20.0. The summed E-state index contributed by atoms with van der Waals surface area (Å²) in [5.74, 6) is -0.696. The van der Waals surface area contributed by atoms with Gasteiger partial charge in [-0.3, -0.25) is 25.0 Å². The zero-order chi connectivity index (χ0) is 21.3. The Labute approximate surface area is 180 Å². The van der Waals surface area contributed by atoms with Gasteiger partial charge in [-0.15, -0.1) is 0 Å². The van der Waals surface area contributed by atoms with Gasteiger partial charge in [-0.25, -0.2) is 4.98 Å². The predicted molar refractivity (Wildman–Crippen MR) is 113 cm³/mol. The molecule has 0 fully saturated rings. The summed E-state index contributed by atoms with van der Waals surface area (Å²) in [6.45, 7) is 0.929. The molecule has 0 radical (unpaired) electrons. The van der Waals surface area contributed by atoms with Crippen LogP contribution in [0.4, 0.5) is 10.8 Å². The van der Waals surface area contributed by atoms with E-state index in [1.54, 1.807) is 17.0 Å². The van der Waals surface area contributed by atoms with Crippen molar-refractivity contribution >= 4 is 45.6 Å². The van der Waals surface area contributed by atoms with Gasteiger partial charge in [-0.05, 0) is 24.3 Å². The first-order valence-electron chi connectivity index (χ1n) is 9.00. The van der Waals surface area contributed by atoms with Crippen LogP contribution in [0.25, 0.3) is 0 Å². The van der Waals surface area contributed by atoms with Crippen molar-refractivity contribution in [3.05, 3.63) is 85.4 Å². The molecule has 2 amide bonds. The van der Waals surface area contributed by atoms with Gasteiger partial charge in [0.05, 0.1) is 17.2 Å². The molecule has 0 atom stereocenters. The minimum absolute atomic E-state index is 0.0583. The molecule has 152 valence electrons. The summed E-state index contributed by atoms with van der Waals surface area (Å²) >= 11 is 7.06. The number of carbonyl (C=O) groups is 2. The van der Waals surface area contributed by atoms with E-state index in [0.717, 1.165) is 16.6 Å². The van der Waals surface area contributed by atoms with Crippen molar-refractivity contribution in [2.75, 3.05) is 11.9 Å². The van der Waals surface area contributed by atoms with Crippen molar-refractivity contribution in [2.24, 2.45) is 0 Å². The topological polar surface area (TPSA) is 105 Å². The van der Waals surface area contributed by atoms with Crippen molar-refractivity contribution in [3.8, 4) is 0 Å². The molecule has 0 saturated carbocycles. The Morgan fingerprint density at radius 3 is 2.70 bits per heavy atom. The number of nitrogens with zero attached hydrogens (tertiary/aromatic N) is 3. The summed E-state index contributed by atoms with van der Waals surface area (Å²) in [6, 6.07) is 12.9. The highest BCUT2D eigenvalue weighted by molar-refractivity contribution is 7.15. The molecule has 10 heteroatoms. The molecule has 1 aliphatic rings. The smallest absolute Gasteiger partial charge is 0.283 e. The number of rotatable bonds is 4. The van der Waals surface area contributed by atoms with Crippen LogP contribution in [0.2, 0.25) is 5.02 Å². The first-order valence-corrected chi connectivity index (χ1v) is 10.2. The minimum atomic E-state index is -0.652. The number of benzene rings is 2. The van der Waals surface area contributed by atoms with Crippen molar-refractivity contribution in [3.63, 3.8) is 0 Å². The van der Waals surface area contributed by atoms with Crippen LogP contribution in [0.5, 0.6) is 0 Å². The number of nitro benzene ring substituents is 1. The van der Waals surface area contributed by atoms with Gasteiger partial charge in [0.15, 0.2) is 5.13 Å². The predicted octanol–water partition coefficient (Wildman–Crippen LogP) is 4.16. The lowest BCUT2D eigenvalue weighted by Crippen LogP contribution is -2.35. The van der Waals surface area contributed by atoms with Crippen LogP contribution in [-0.2, 0) is 13.0 Å². The maximum atomic E-state index is 12.7. The third-order valence-electron chi connectivity index (χ3n) is 4.66. The molecule has 0 aliphatic carbocycles. The third-order valence-corrected chi connectivity index (χ3v) is 5.89. The zero-order valence-corrected chi connectivity index (χ0v) is 17.1. The van der Waals surface area contributed by atoms with E-state index in [4.69, 9.17) is 11.6 Å². The molecule has 1 aliphatic heterocycles. The summed E-state index contributed by atoms with van der Waals surface area (Å²) in [5, 5.41) is 14.4. The lowest BCUT2D eigenvalue weighted by atomic mass is 10.1. The summed E-state index contributed by atoms with van der Waals surface area (Å²) in [6.07, 6.45) is 0.571. The molecule has 0 bridgehead atoms. The molecule has 30 heavy (non-hydrogen) atoms. The molecule has 3 aromatic rings. The quantitative estimate of drug-likeness (QED) is 0.482. The molecule has 2 aromatic carbocycles. The zero-order valence-electron chi connectivity index (χ0n) is 15.5. The maximum absolute atomic E-state index is 12.7. The van der Waals surface area contributed by atoms with E-state index in [0.29, 0.717) is 30.2 Å². The van der Waals surface area contributed by atoms with Gasteiger partial charge in [0.2, 0.25) is 0 Å².